The van der Waals surface area contributed by atoms with Gasteiger partial charge in [-0.25, -0.2) is 4.98 Å². The Labute approximate surface area is 133 Å². The van der Waals surface area contributed by atoms with Crippen molar-refractivity contribution in [3.63, 3.8) is 0 Å². The number of nitrogens with one attached hydrogen (secondary N) is 1. The Bertz CT molecular complexity index is 797. The van der Waals surface area contributed by atoms with E-state index < -0.39 is 0 Å². The van der Waals surface area contributed by atoms with Gasteiger partial charge in [-0.3, -0.25) is 4.79 Å². The van der Waals surface area contributed by atoms with Crippen molar-refractivity contribution >= 4 is 5.91 Å². The highest BCUT2D eigenvalue weighted by Gasteiger charge is 2.10. The van der Waals surface area contributed by atoms with Crippen LogP contribution in [0.2, 0.25) is 0 Å². The van der Waals surface area contributed by atoms with Crippen LogP contribution in [-0.4, -0.2) is 18.0 Å². The maximum Gasteiger partial charge on any atom is 0.251 e. The van der Waals surface area contributed by atoms with Gasteiger partial charge in [-0.2, -0.15) is 0 Å². The average molecular weight is 308 g/mol. The number of hydrogen-bond donors (Lipinski definition) is 1. The van der Waals surface area contributed by atoms with Crippen molar-refractivity contribution < 1.29 is 13.9 Å². The fraction of sp³-hybridized carbons (Fsp3) is 0.111. The highest BCUT2D eigenvalue weighted by atomic mass is 16.5. The second-order valence-corrected chi connectivity index (χ2v) is 4.90. The maximum atomic E-state index is 12.1. The Morgan fingerprint density at radius 1 is 1.17 bits per heavy atom. The van der Waals surface area contributed by atoms with Crippen molar-refractivity contribution in [3.8, 4) is 17.1 Å². The van der Waals surface area contributed by atoms with Crippen molar-refractivity contribution in [3.05, 3.63) is 72.2 Å². The van der Waals surface area contributed by atoms with Gasteiger partial charge in [0, 0.05) is 11.1 Å². The zero-order valence-electron chi connectivity index (χ0n) is 12.7. The van der Waals surface area contributed by atoms with E-state index >= 15 is 0 Å². The fourth-order valence-electron chi connectivity index (χ4n) is 2.15. The van der Waals surface area contributed by atoms with Crippen molar-refractivity contribution in [2.45, 2.75) is 6.54 Å². The smallest absolute Gasteiger partial charge is 0.251 e. The number of rotatable bonds is 5. The van der Waals surface area contributed by atoms with Crippen LogP contribution in [0.15, 0.2) is 65.2 Å². The lowest BCUT2D eigenvalue weighted by atomic mass is 10.2. The molecule has 0 saturated heterocycles. The van der Waals surface area contributed by atoms with Crippen LogP contribution in [0.25, 0.3) is 11.3 Å². The lowest BCUT2D eigenvalue weighted by Crippen LogP contribution is -2.22. The first kappa shape index (κ1) is 14.8. The molecule has 0 aliphatic rings. The molecule has 3 aromatic rings. The molecule has 1 heterocycles. The molecule has 5 nitrogen and oxygen atoms in total. The molecular formula is C18H16N2O3. The first-order valence-corrected chi connectivity index (χ1v) is 7.18. The molecule has 0 aliphatic heterocycles. The van der Waals surface area contributed by atoms with Gasteiger partial charge in [0.15, 0.2) is 5.76 Å². The Hall–Kier alpha value is -3.08. The van der Waals surface area contributed by atoms with Gasteiger partial charge >= 0.3 is 0 Å². The minimum absolute atomic E-state index is 0.205. The number of carbonyl (C=O) groups is 1. The first-order valence-electron chi connectivity index (χ1n) is 7.18. The lowest BCUT2D eigenvalue weighted by Gasteiger charge is -2.05. The van der Waals surface area contributed by atoms with Gasteiger partial charge in [0.05, 0.1) is 19.9 Å². The maximum absolute atomic E-state index is 12.1. The summed E-state index contributed by atoms with van der Waals surface area (Å²) in [6.07, 6.45) is 1.66. The largest absolute Gasteiger partial charge is 0.497 e. The van der Waals surface area contributed by atoms with Crippen LogP contribution in [0.1, 0.15) is 16.2 Å². The number of ether oxygens (including phenoxy) is 1. The Balaban J connectivity index is 1.64. The van der Waals surface area contributed by atoms with Gasteiger partial charge in [-0.05, 0) is 18.2 Å². The molecule has 0 fully saturated rings. The van der Waals surface area contributed by atoms with Crippen molar-refractivity contribution in [1.29, 1.82) is 0 Å². The molecule has 1 aromatic heterocycles. The Morgan fingerprint density at radius 2 is 2.00 bits per heavy atom. The molecule has 1 amide bonds. The third-order valence-electron chi connectivity index (χ3n) is 3.34. The number of benzene rings is 2. The van der Waals surface area contributed by atoms with Gasteiger partial charge in [0.2, 0.25) is 5.89 Å². The molecule has 116 valence electrons. The van der Waals surface area contributed by atoms with Crippen LogP contribution in [-0.2, 0) is 6.54 Å². The van der Waals surface area contributed by atoms with E-state index in [2.05, 4.69) is 10.3 Å². The SMILES string of the molecule is COc1cccc(C(=O)NCc2ncc(-c3ccccc3)o2)c1. The second kappa shape index (κ2) is 6.79. The van der Waals surface area contributed by atoms with Crippen LogP contribution in [0.5, 0.6) is 5.75 Å². The molecule has 0 radical (unpaired) electrons. The molecular weight excluding hydrogens is 292 g/mol. The zero-order valence-corrected chi connectivity index (χ0v) is 12.7. The van der Waals surface area contributed by atoms with Crippen LogP contribution in [0.3, 0.4) is 0 Å². The highest BCUT2D eigenvalue weighted by Crippen LogP contribution is 2.19. The van der Waals surface area contributed by atoms with Crippen LogP contribution < -0.4 is 10.1 Å². The van der Waals surface area contributed by atoms with Crippen LogP contribution in [0.4, 0.5) is 0 Å². The number of oxazole rings is 1. The number of methoxy groups -OCH3 is 1. The number of carbonyl (C=O) groups excluding carboxylic acids is 1. The van der Waals surface area contributed by atoms with Crippen molar-refractivity contribution in [1.82, 2.24) is 10.3 Å². The molecule has 3 rings (SSSR count). The van der Waals surface area contributed by atoms with Crippen LogP contribution >= 0.6 is 0 Å². The Kier molecular flexibility index (Phi) is 4.38. The fourth-order valence-corrected chi connectivity index (χ4v) is 2.15. The van der Waals surface area contributed by atoms with E-state index in [1.807, 2.05) is 30.3 Å². The van der Waals surface area contributed by atoms with E-state index in [0.29, 0.717) is 23.0 Å². The lowest BCUT2D eigenvalue weighted by molar-refractivity contribution is 0.0947. The Morgan fingerprint density at radius 3 is 2.78 bits per heavy atom. The summed E-state index contributed by atoms with van der Waals surface area (Å²) < 4.78 is 10.8. The summed E-state index contributed by atoms with van der Waals surface area (Å²) in [7, 11) is 1.56. The minimum Gasteiger partial charge on any atom is -0.497 e. The topological polar surface area (TPSA) is 64.4 Å². The van der Waals surface area contributed by atoms with E-state index in [1.165, 1.54) is 0 Å². The molecule has 23 heavy (non-hydrogen) atoms. The standard InChI is InChI=1S/C18H16N2O3/c1-22-15-9-5-8-14(10-15)18(21)20-12-17-19-11-16(23-17)13-6-3-2-4-7-13/h2-11H,12H2,1H3,(H,20,21). The number of nitrogens with zero attached hydrogens (tertiary/aromatic N) is 1. The van der Waals surface area contributed by atoms with Crippen LogP contribution in [0, 0.1) is 0 Å². The summed E-state index contributed by atoms with van der Waals surface area (Å²) >= 11 is 0. The van der Waals surface area contributed by atoms with E-state index in [1.54, 1.807) is 37.6 Å². The minimum atomic E-state index is -0.205. The predicted octanol–water partition coefficient (Wildman–Crippen LogP) is 3.28. The monoisotopic (exact) mass is 308 g/mol. The predicted molar refractivity (Wildman–Crippen MR) is 86.1 cm³/mol. The van der Waals surface area contributed by atoms with Crippen molar-refractivity contribution in [2.24, 2.45) is 0 Å². The van der Waals surface area contributed by atoms with E-state index in [0.717, 1.165) is 5.56 Å². The second-order valence-electron chi connectivity index (χ2n) is 4.90. The molecule has 0 saturated carbocycles. The summed E-state index contributed by atoms with van der Waals surface area (Å²) in [6.45, 7) is 0.225. The highest BCUT2D eigenvalue weighted by molar-refractivity contribution is 5.94. The third kappa shape index (κ3) is 3.58. The van der Waals surface area contributed by atoms with Crippen molar-refractivity contribution in [2.75, 3.05) is 7.11 Å². The van der Waals surface area contributed by atoms with E-state index in [4.69, 9.17) is 9.15 Å². The summed E-state index contributed by atoms with van der Waals surface area (Å²) in [6, 6.07) is 16.7. The summed E-state index contributed by atoms with van der Waals surface area (Å²) in [5.74, 6) is 1.57. The number of hydrogen-bond acceptors (Lipinski definition) is 4. The zero-order chi connectivity index (χ0) is 16.1. The summed E-state index contributed by atoms with van der Waals surface area (Å²) in [5, 5.41) is 2.78. The number of aromatic nitrogens is 1. The van der Waals surface area contributed by atoms with Gasteiger partial charge in [0.25, 0.3) is 5.91 Å². The first-order chi connectivity index (χ1) is 11.3. The molecule has 5 heteroatoms. The average Bonchev–Trinajstić information content (AvgIpc) is 3.09. The van der Waals surface area contributed by atoms with Gasteiger partial charge in [-0.15, -0.1) is 0 Å². The van der Waals surface area contributed by atoms with Gasteiger partial charge in [-0.1, -0.05) is 36.4 Å². The third-order valence-corrected chi connectivity index (χ3v) is 3.34. The van der Waals surface area contributed by atoms with Gasteiger partial charge in [0.1, 0.15) is 5.75 Å². The van der Waals surface area contributed by atoms with Gasteiger partial charge < -0.3 is 14.5 Å². The molecule has 0 spiro atoms. The quantitative estimate of drug-likeness (QED) is 0.785. The number of amides is 1. The normalized spacial score (nSPS) is 10.3. The molecule has 0 bridgehead atoms. The molecule has 0 unspecified atom stereocenters. The molecule has 2 aromatic carbocycles. The molecule has 1 N–H and O–H groups in total. The molecule has 0 aliphatic carbocycles. The summed E-state index contributed by atoms with van der Waals surface area (Å²) in [5.41, 5.74) is 1.48. The summed E-state index contributed by atoms with van der Waals surface area (Å²) in [4.78, 5) is 16.3. The van der Waals surface area contributed by atoms with E-state index in [-0.39, 0.29) is 12.5 Å². The molecule has 0 atom stereocenters. The van der Waals surface area contributed by atoms with E-state index in [9.17, 15) is 4.79 Å².